The Kier molecular flexibility index (Phi) is 8.18. The number of aryl methyl sites for hydroxylation is 1. The van der Waals surface area contributed by atoms with E-state index in [1.807, 2.05) is 53.3 Å². The lowest BCUT2D eigenvalue weighted by molar-refractivity contribution is -0.151. The summed E-state index contributed by atoms with van der Waals surface area (Å²) in [6, 6.07) is 7.54. The maximum atomic E-state index is 13.3. The zero-order valence-electron chi connectivity index (χ0n) is 21.3. The number of piperidine rings is 1. The number of likely N-dealkylation sites (tertiary alicyclic amines) is 1. The molecule has 1 unspecified atom stereocenters. The van der Waals surface area contributed by atoms with Gasteiger partial charge in [-0.25, -0.2) is 9.79 Å². The lowest BCUT2D eigenvalue weighted by atomic mass is 9.90. The first-order chi connectivity index (χ1) is 17.4. The number of methoxy groups -OCH3 is 1. The van der Waals surface area contributed by atoms with Crippen LogP contribution >= 0.6 is 11.8 Å². The van der Waals surface area contributed by atoms with Gasteiger partial charge in [-0.05, 0) is 49.6 Å². The van der Waals surface area contributed by atoms with Gasteiger partial charge in [0.2, 0.25) is 5.91 Å². The molecule has 0 aliphatic carbocycles. The van der Waals surface area contributed by atoms with Crippen LogP contribution in [-0.2, 0) is 23.9 Å². The van der Waals surface area contributed by atoms with E-state index in [2.05, 4.69) is 0 Å². The van der Waals surface area contributed by atoms with E-state index in [1.54, 1.807) is 6.92 Å². The van der Waals surface area contributed by atoms with Crippen molar-refractivity contribution < 1.29 is 23.9 Å². The van der Waals surface area contributed by atoms with Crippen LogP contribution in [0.4, 0.5) is 0 Å². The van der Waals surface area contributed by atoms with Gasteiger partial charge in [-0.1, -0.05) is 43.0 Å². The quantitative estimate of drug-likeness (QED) is 0.504. The molecule has 1 saturated heterocycles. The molecule has 8 nitrogen and oxygen atoms in total. The first-order valence-corrected chi connectivity index (χ1v) is 13.3. The Bertz CT molecular complexity index is 1130. The molecule has 192 valence electrons. The maximum absolute atomic E-state index is 13.3. The molecule has 0 aromatic heterocycles. The lowest BCUT2D eigenvalue weighted by Crippen LogP contribution is -2.42. The molecule has 1 atom stereocenters. The second-order valence-electron chi connectivity index (χ2n) is 9.04. The topological polar surface area (TPSA) is 88.5 Å². The number of allylic oxidation sites excluding steroid dienone is 1. The van der Waals surface area contributed by atoms with Gasteiger partial charge < -0.3 is 19.3 Å². The Morgan fingerprint density at radius 1 is 1.14 bits per heavy atom. The average molecular weight is 512 g/mol. The second-order valence-corrected chi connectivity index (χ2v) is 9.88. The van der Waals surface area contributed by atoms with E-state index in [-0.39, 0.29) is 24.2 Å². The van der Waals surface area contributed by atoms with Gasteiger partial charge in [0.15, 0.2) is 5.17 Å². The molecular weight excluding hydrogens is 478 g/mol. The van der Waals surface area contributed by atoms with Gasteiger partial charge in [0.05, 0.1) is 43.4 Å². The summed E-state index contributed by atoms with van der Waals surface area (Å²) in [4.78, 5) is 47.0. The number of carbonyl (C=O) groups excluding carboxylic acids is 3. The molecule has 3 aliphatic heterocycles. The van der Waals surface area contributed by atoms with Gasteiger partial charge in [0.1, 0.15) is 0 Å². The van der Waals surface area contributed by atoms with Crippen molar-refractivity contribution in [3.63, 3.8) is 0 Å². The number of amidine groups is 1. The van der Waals surface area contributed by atoms with Crippen molar-refractivity contribution in [2.24, 2.45) is 10.9 Å². The fourth-order valence-electron chi connectivity index (χ4n) is 4.99. The third kappa shape index (κ3) is 5.07. The van der Waals surface area contributed by atoms with Gasteiger partial charge in [0.25, 0.3) is 0 Å². The van der Waals surface area contributed by atoms with E-state index in [9.17, 15) is 14.4 Å². The highest BCUT2D eigenvalue weighted by Crippen LogP contribution is 2.46. The van der Waals surface area contributed by atoms with Crippen LogP contribution in [0.2, 0.25) is 0 Å². The highest BCUT2D eigenvalue weighted by atomic mass is 32.2. The molecule has 1 fully saturated rings. The molecule has 1 amide bonds. The van der Waals surface area contributed by atoms with Crippen molar-refractivity contribution in [1.82, 2.24) is 9.80 Å². The van der Waals surface area contributed by atoms with Crippen molar-refractivity contribution >= 4 is 34.8 Å². The van der Waals surface area contributed by atoms with Crippen molar-refractivity contribution in [3.05, 3.63) is 57.8 Å². The number of thioether (sulfide) groups is 1. The molecule has 36 heavy (non-hydrogen) atoms. The highest BCUT2D eigenvalue weighted by molar-refractivity contribution is 8.16. The first kappa shape index (κ1) is 26.0. The Morgan fingerprint density at radius 2 is 1.86 bits per heavy atom. The first-order valence-electron chi connectivity index (χ1n) is 12.4. The van der Waals surface area contributed by atoms with Gasteiger partial charge in [-0.3, -0.25) is 9.59 Å². The minimum Gasteiger partial charge on any atom is -0.466 e. The zero-order chi connectivity index (χ0) is 25.8. The van der Waals surface area contributed by atoms with E-state index in [0.717, 1.165) is 22.0 Å². The number of rotatable bonds is 7. The summed E-state index contributed by atoms with van der Waals surface area (Å²) in [5.41, 5.74) is 4.04. The Hall–Kier alpha value is -3.07. The van der Waals surface area contributed by atoms with Crippen LogP contribution in [0.1, 0.15) is 56.7 Å². The van der Waals surface area contributed by atoms with Gasteiger partial charge in [-0.15, -0.1) is 0 Å². The summed E-state index contributed by atoms with van der Waals surface area (Å²) < 4.78 is 10.3. The fraction of sp³-hybridized carbons (Fsp3) is 0.481. The van der Waals surface area contributed by atoms with Crippen molar-refractivity contribution in [2.75, 3.05) is 26.8 Å². The summed E-state index contributed by atoms with van der Waals surface area (Å²) in [5, 5.41) is 2.72. The van der Waals surface area contributed by atoms with E-state index in [0.29, 0.717) is 50.2 Å². The number of benzene rings is 1. The number of ether oxygens (including phenoxy) is 2. The summed E-state index contributed by atoms with van der Waals surface area (Å²) in [6.07, 6.45) is 1.99. The molecule has 3 aliphatic rings. The third-order valence-electron chi connectivity index (χ3n) is 6.91. The Morgan fingerprint density at radius 3 is 2.50 bits per heavy atom. The maximum Gasteiger partial charge on any atom is 0.338 e. The normalized spacial score (nSPS) is 20.1. The molecule has 3 heterocycles. The molecule has 0 radical (unpaired) electrons. The second kappa shape index (κ2) is 11.3. The van der Waals surface area contributed by atoms with E-state index >= 15 is 0 Å². The molecule has 1 aromatic rings. The van der Waals surface area contributed by atoms with E-state index < -0.39 is 12.0 Å². The number of hydrogen-bond donors (Lipinski definition) is 0. The Balaban J connectivity index is 1.58. The van der Waals surface area contributed by atoms with Crippen molar-refractivity contribution in [1.29, 1.82) is 0 Å². The van der Waals surface area contributed by atoms with Crippen LogP contribution in [0, 0.1) is 12.8 Å². The molecular formula is C27H33N3O5S. The third-order valence-corrected chi connectivity index (χ3v) is 7.80. The number of esters is 2. The number of aliphatic imine (C=N–C) groups is 1. The monoisotopic (exact) mass is 511 g/mol. The summed E-state index contributed by atoms with van der Waals surface area (Å²) in [6.45, 7) is 7.22. The number of hydrogen-bond acceptors (Lipinski definition) is 8. The number of nitrogens with zero attached hydrogens (tertiary/aromatic N) is 3. The smallest absolute Gasteiger partial charge is 0.338 e. The van der Waals surface area contributed by atoms with E-state index in [1.165, 1.54) is 18.9 Å². The van der Waals surface area contributed by atoms with Gasteiger partial charge >= 0.3 is 11.9 Å². The summed E-state index contributed by atoms with van der Waals surface area (Å²) in [5.74, 6) is -0.740. The fourth-order valence-corrected chi connectivity index (χ4v) is 5.93. The summed E-state index contributed by atoms with van der Waals surface area (Å²) >= 11 is 1.47. The highest BCUT2D eigenvalue weighted by Gasteiger charge is 2.42. The molecule has 0 bridgehead atoms. The molecule has 4 rings (SSSR count). The molecule has 1 aromatic carbocycles. The zero-order valence-corrected chi connectivity index (χ0v) is 22.1. The largest absolute Gasteiger partial charge is 0.466 e. The Labute approximate surface area is 216 Å². The van der Waals surface area contributed by atoms with E-state index in [4.69, 9.17) is 14.5 Å². The van der Waals surface area contributed by atoms with Crippen LogP contribution in [0.3, 0.4) is 0 Å². The number of amides is 1. The minimum absolute atomic E-state index is 0.00108. The predicted octanol–water partition coefficient (Wildman–Crippen LogP) is 4.32. The SMILES string of the molecule is CCOC(=O)C1CCN(C(=O)CC2=CSC3=NC(CC)=C(C(=O)OC)C(c4ccccc4C)N23)CC1. The van der Waals surface area contributed by atoms with Gasteiger partial charge in [0, 0.05) is 18.8 Å². The molecule has 0 saturated carbocycles. The predicted molar refractivity (Wildman–Crippen MR) is 139 cm³/mol. The van der Waals surface area contributed by atoms with Crippen LogP contribution in [-0.4, -0.2) is 59.6 Å². The lowest BCUT2D eigenvalue weighted by Gasteiger charge is -2.38. The number of carbonyl (C=O) groups is 3. The molecule has 0 spiro atoms. The minimum atomic E-state index is -0.426. The number of fused-ring (bicyclic) bond motifs is 1. The van der Waals surface area contributed by atoms with Crippen LogP contribution in [0.25, 0.3) is 0 Å². The molecule has 0 N–H and O–H groups in total. The molecule has 9 heteroatoms. The average Bonchev–Trinajstić information content (AvgIpc) is 3.29. The van der Waals surface area contributed by atoms with Crippen LogP contribution in [0.5, 0.6) is 0 Å². The van der Waals surface area contributed by atoms with Crippen LogP contribution < -0.4 is 0 Å². The standard InChI is InChI=1S/C27H33N3O5S/c1-5-21-23(26(33)34-4)24(20-10-8-7-9-17(20)3)30-19(16-36-27(30)28-21)15-22(31)29-13-11-18(12-14-29)25(32)35-6-2/h7-10,16,18,24H,5-6,11-15H2,1-4H3. The summed E-state index contributed by atoms with van der Waals surface area (Å²) in [7, 11) is 1.38. The van der Waals surface area contributed by atoms with Crippen molar-refractivity contribution in [3.8, 4) is 0 Å². The van der Waals surface area contributed by atoms with Crippen molar-refractivity contribution in [2.45, 2.75) is 52.5 Å². The van der Waals surface area contributed by atoms with Crippen LogP contribution in [0.15, 0.2) is 51.6 Å². The van der Waals surface area contributed by atoms with Gasteiger partial charge in [-0.2, -0.15) is 0 Å².